The second kappa shape index (κ2) is 6.39. The summed E-state index contributed by atoms with van der Waals surface area (Å²) in [7, 11) is 0. The summed E-state index contributed by atoms with van der Waals surface area (Å²) in [4.78, 5) is 19.2. The van der Waals surface area contributed by atoms with Gasteiger partial charge in [0.2, 0.25) is 0 Å². The summed E-state index contributed by atoms with van der Waals surface area (Å²) in [5.41, 5.74) is 1.32. The van der Waals surface area contributed by atoms with E-state index in [2.05, 4.69) is 22.1 Å². The highest BCUT2D eigenvalue weighted by Crippen LogP contribution is 2.31. The van der Waals surface area contributed by atoms with E-state index >= 15 is 0 Å². The zero-order valence-electron chi connectivity index (χ0n) is 11.3. The lowest BCUT2D eigenvalue weighted by molar-refractivity contribution is 0.103. The Bertz CT molecular complexity index is 700. The minimum absolute atomic E-state index is 0.0540. The molecule has 0 bridgehead atoms. The largest absolute Gasteiger partial charge is 0.395 e. The minimum atomic E-state index is -0.0985. The van der Waals surface area contributed by atoms with E-state index in [1.807, 2.05) is 6.07 Å². The molecule has 0 atom stereocenters. The number of nitrogens with one attached hydrogen (secondary N) is 1. The number of aliphatic hydroxyl groups is 1. The molecule has 0 fully saturated rings. The smallest absolute Gasteiger partial charge is 0.267 e. The number of hydrogen-bond donors (Lipinski definition) is 2. The van der Waals surface area contributed by atoms with Crippen LogP contribution in [0.1, 0.15) is 37.8 Å². The predicted molar refractivity (Wildman–Crippen MR) is 85.0 cm³/mol. The zero-order valence-corrected chi connectivity index (χ0v) is 12.9. The highest BCUT2D eigenvalue weighted by molar-refractivity contribution is 7.16. The van der Waals surface area contributed by atoms with Gasteiger partial charge in [-0.25, -0.2) is 4.98 Å². The molecule has 21 heavy (non-hydrogen) atoms. The van der Waals surface area contributed by atoms with Gasteiger partial charge in [0.25, 0.3) is 5.91 Å². The van der Waals surface area contributed by atoms with E-state index in [0.29, 0.717) is 11.6 Å². The lowest BCUT2D eigenvalue weighted by atomic mass is 10.2. The third-order valence-corrected chi connectivity index (χ3v) is 5.21. The van der Waals surface area contributed by atoms with Crippen LogP contribution in [0.4, 0.5) is 5.13 Å². The summed E-state index contributed by atoms with van der Waals surface area (Å²) in [5, 5.41) is 12.1. The van der Waals surface area contributed by atoms with Crippen LogP contribution in [0.5, 0.6) is 0 Å². The number of hydrogen-bond acceptors (Lipinski definition) is 5. The van der Waals surface area contributed by atoms with Crippen molar-refractivity contribution < 1.29 is 9.90 Å². The van der Waals surface area contributed by atoms with Crippen LogP contribution in [0.15, 0.2) is 12.3 Å². The van der Waals surface area contributed by atoms with Gasteiger partial charge in [-0.05, 0) is 30.9 Å². The van der Waals surface area contributed by atoms with E-state index in [4.69, 9.17) is 5.11 Å². The van der Waals surface area contributed by atoms with Gasteiger partial charge < -0.3 is 5.11 Å². The van der Waals surface area contributed by atoms with Gasteiger partial charge in [-0.15, -0.1) is 11.3 Å². The molecule has 1 aliphatic carbocycles. The van der Waals surface area contributed by atoms with Crippen LogP contribution >= 0.6 is 22.7 Å². The van der Waals surface area contributed by atoms with Crippen LogP contribution in [-0.2, 0) is 12.8 Å². The number of rotatable bonds is 3. The number of amides is 1. The molecule has 1 aliphatic rings. The average Bonchev–Trinajstić information content (AvgIpc) is 3.13. The van der Waals surface area contributed by atoms with Crippen molar-refractivity contribution in [2.75, 3.05) is 11.9 Å². The average molecular weight is 318 g/mol. The van der Waals surface area contributed by atoms with Gasteiger partial charge in [-0.3, -0.25) is 10.1 Å². The predicted octanol–water partition coefficient (Wildman–Crippen LogP) is 2.68. The molecule has 0 radical (unpaired) electrons. The zero-order chi connectivity index (χ0) is 14.7. The summed E-state index contributed by atoms with van der Waals surface area (Å²) in [6.07, 6.45) is 5.46. The number of anilines is 1. The fraction of sp³-hybridized carbons (Fsp3) is 0.333. The van der Waals surface area contributed by atoms with Gasteiger partial charge in [0.1, 0.15) is 0 Å². The lowest BCUT2D eigenvalue weighted by Gasteiger charge is -1.97. The van der Waals surface area contributed by atoms with Crippen LogP contribution < -0.4 is 5.32 Å². The summed E-state index contributed by atoms with van der Waals surface area (Å²) in [5.74, 6) is 5.64. The van der Waals surface area contributed by atoms with Crippen LogP contribution in [-0.4, -0.2) is 22.6 Å². The highest BCUT2D eigenvalue weighted by Gasteiger charge is 2.19. The van der Waals surface area contributed by atoms with Gasteiger partial charge in [0, 0.05) is 11.3 Å². The molecule has 2 aromatic heterocycles. The number of aliphatic hydroxyl groups excluding tert-OH is 1. The molecule has 2 aromatic rings. The van der Waals surface area contributed by atoms with Crippen LogP contribution in [0.25, 0.3) is 0 Å². The molecule has 0 aromatic carbocycles. The number of fused-ring (bicyclic) bond motifs is 1. The Hall–Kier alpha value is -1.68. The van der Waals surface area contributed by atoms with Gasteiger partial charge in [-0.2, -0.15) is 0 Å². The fourth-order valence-electron chi connectivity index (χ4n) is 2.19. The van der Waals surface area contributed by atoms with Crippen LogP contribution in [0, 0.1) is 11.8 Å². The molecule has 0 aliphatic heterocycles. The normalized spacial score (nSPS) is 12.6. The molecule has 3 rings (SSSR count). The minimum Gasteiger partial charge on any atom is -0.395 e. The van der Waals surface area contributed by atoms with Crippen molar-refractivity contribution in [2.45, 2.75) is 25.7 Å². The van der Waals surface area contributed by atoms with E-state index in [1.54, 1.807) is 17.5 Å². The number of thiazole rings is 1. The molecule has 0 saturated carbocycles. The summed E-state index contributed by atoms with van der Waals surface area (Å²) in [6.45, 7) is 0.0540. The van der Waals surface area contributed by atoms with Crippen molar-refractivity contribution >= 4 is 33.7 Å². The Morgan fingerprint density at radius 1 is 1.43 bits per heavy atom. The number of thiophene rings is 1. The Morgan fingerprint density at radius 2 is 2.33 bits per heavy atom. The Balaban J connectivity index is 1.66. The highest BCUT2D eigenvalue weighted by atomic mass is 32.1. The molecule has 0 spiro atoms. The standard InChI is InChI=1S/C15H14N2O2S2/c18-7-2-1-5-11-9-16-15(20-11)17-14(19)13-8-10-4-3-6-12(10)21-13/h8-9,18H,2-4,6-7H2,(H,16,17,19). The Kier molecular flexibility index (Phi) is 4.34. The van der Waals surface area contributed by atoms with Gasteiger partial charge >= 0.3 is 0 Å². The van der Waals surface area contributed by atoms with Crippen molar-refractivity contribution in [3.05, 3.63) is 32.5 Å². The Morgan fingerprint density at radius 3 is 3.14 bits per heavy atom. The summed E-state index contributed by atoms with van der Waals surface area (Å²) < 4.78 is 0. The number of carbonyl (C=O) groups excluding carboxylic acids is 1. The second-order valence-electron chi connectivity index (χ2n) is 4.67. The number of aryl methyl sites for hydroxylation is 2. The summed E-state index contributed by atoms with van der Waals surface area (Å²) >= 11 is 2.93. The molecule has 108 valence electrons. The monoisotopic (exact) mass is 318 g/mol. The maximum absolute atomic E-state index is 12.2. The van der Waals surface area contributed by atoms with Crippen molar-refractivity contribution in [1.29, 1.82) is 0 Å². The van der Waals surface area contributed by atoms with E-state index < -0.39 is 0 Å². The van der Waals surface area contributed by atoms with Crippen LogP contribution in [0.2, 0.25) is 0 Å². The van der Waals surface area contributed by atoms with E-state index in [-0.39, 0.29) is 12.5 Å². The Labute approximate surface area is 130 Å². The summed E-state index contributed by atoms with van der Waals surface area (Å²) in [6, 6.07) is 2.00. The quantitative estimate of drug-likeness (QED) is 0.855. The van der Waals surface area contributed by atoms with E-state index in [1.165, 1.54) is 28.2 Å². The van der Waals surface area contributed by atoms with Crippen LogP contribution in [0.3, 0.4) is 0 Å². The molecule has 0 unspecified atom stereocenters. The number of nitrogens with zero attached hydrogens (tertiary/aromatic N) is 1. The number of carbonyl (C=O) groups is 1. The first-order valence-corrected chi connectivity index (χ1v) is 8.38. The SMILES string of the molecule is O=C(Nc1ncc(C#CCCO)s1)c1cc2c(s1)CCC2. The van der Waals surface area contributed by atoms with Crippen molar-refractivity contribution in [2.24, 2.45) is 0 Å². The molecule has 6 heteroatoms. The third-order valence-electron chi connectivity index (χ3n) is 3.14. The third kappa shape index (κ3) is 3.32. The van der Waals surface area contributed by atoms with Gasteiger partial charge in [0.15, 0.2) is 5.13 Å². The fourth-order valence-corrected chi connectivity index (χ4v) is 4.03. The molecule has 4 nitrogen and oxygen atoms in total. The first kappa shape index (κ1) is 14.3. The maximum Gasteiger partial charge on any atom is 0.267 e. The van der Waals surface area contributed by atoms with E-state index in [9.17, 15) is 4.79 Å². The first-order valence-electron chi connectivity index (χ1n) is 6.75. The van der Waals surface area contributed by atoms with Crippen molar-refractivity contribution in [1.82, 2.24) is 4.98 Å². The molecule has 2 heterocycles. The molecular weight excluding hydrogens is 304 g/mol. The molecule has 1 amide bonds. The molecule has 0 saturated heterocycles. The van der Waals surface area contributed by atoms with Crippen molar-refractivity contribution in [3.63, 3.8) is 0 Å². The van der Waals surface area contributed by atoms with Gasteiger partial charge in [-0.1, -0.05) is 23.2 Å². The lowest BCUT2D eigenvalue weighted by Crippen LogP contribution is -2.09. The molecular formula is C15H14N2O2S2. The topological polar surface area (TPSA) is 62.2 Å². The van der Waals surface area contributed by atoms with Crippen molar-refractivity contribution in [3.8, 4) is 11.8 Å². The second-order valence-corrected chi connectivity index (χ2v) is 6.84. The van der Waals surface area contributed by atoms with Gasteiger partial charge in [0.05, 0.1) is 22.6 Å². The first-order chi connectivity index (χ1) is 10.3. The molecule has 2 N–H and O–H groups in total. The number of aromatic nitrogens is 1. The van der Waals surface area contributed by atoms with E-state index in [0.717, 1.165) is 22.6 Å². The maximum atomic E-state index is 12.2.